The van der Waals surface area contributed by atoms with Gasteiger partial charge >= 0.3 is 0 Å². The first-order valence-corrected chi connectivity index (χ1v) is 8.92. The molecule has 1 saturated heterocycles. The van der Waals surface area contributed by atoms with Gasteiger partial charge in [-0.25, -0.2) is 4.98 Å². The van der Waals surface area contributed by atoms with Crippen LogP contribution in [-0.2, 0) is 0 Å². The van der Waals surface area contributed by atoms with Crippen LogP contribution in [0.25, 0.3) is 0 Å². The normalized spacial score (nSPS) is 15.7. The Bertz CT molecular complexity index is 474. The Hall–Kier alpha value is -1.62. The van der Waals surface area contributed by atoms with E-state index in [0.29, 0.717) is 5.69 Å². The van der Waals surface area contributed by atoms with Gasteiger partial charge in [0.05, 0.1) is 11.9 Å². The summed E-state index contributed by atoms with van der Waals surface area (Å²) in [5, 5.41) is 0. The van der Waals surface area contributed by atoms with E-state index in [2.05, 4.69) is 35.6 Å². The first-order valence-electron chi connectivity index (χ1n) is 8.92. The minimum absolute atomic E-state index is 0.0600. The fourth-order valence-corrected chi connectivity index (χ4v) is 3.04. The average molecular weight is 318 g/mol. The van der Waals surface area contributed by atoms with Gasteiger partial charge < -0.3 is 14.7 Å². The Balaban J connectivity index is 1.99. The third-order valence-corrected chi connectivity index (χ3v) is 4.43. The second-order valence-corrected chi connectivity index (χ2v) is 6.12. The predicted molar refractivity (Wildman–Crippen MR) is 95.0 cm³/mol. The maximum atomic E-state index is 12.6. The summed E-state index contributed by atoms with van der Waals surface area (Å²) < 4.78 is 0. The Kier molecular flexibility index (Phi) is 6.84. The monoisotopic (exact) mass is 318 g/mol. The van der Waals surface area contributed by atoms with E-state index in [1.165, 1.54) is 0 Å². The maximum absolute atomic E-state index is 12.6. The van der Waals surface area contributed by atoms with E-state index in [4.69, 9.17) is 0 Å². The first-order chi connectivity index (χ1) is 11.2. The molecule has 1 fully saturated rings. The molecule has 0 unspecified atom stereocenters. The van der Waals surface area contributed by atoms with Gasteiger partial charge in [0.15, 0.2) is 0 Å². The van der Waals surface area contributed by atoms with Gasteiger partial charge in [-0.3, -0.25) is 4.79 Å². The lowest BCUT2D eigenvalue weighted by Gasteiger charge is -2.33. The standard InChI is InChI=1S/C18H30N4O/c1-4-9-21(10-5-2)16-7-8-17(19-15-16)18(23)22-13-11-20(6-3)12-14-22/h7-8,15H,4-6,9-14H2,1-3H3. The molecular formula is C18H30N4O. The third-order valence-electron chi connectivity index (χ3n) is 4.43. The summed E-state index contributed by atoms with van der Waals surface area (Å²) in [6, 6.07) is 3.91. The SMILES string of the molecule is CCCN(CCC)c1ccc(C(=O)N2CCN(CC)CC2)nc1. The number of carbonyl (C=O) groups is 1. The zero-order valence-electron chi connectivity index (χ0n) is 14.8. The summed E-state index contributed by atoms with van der Waals surface area (Å²) in [5.74, 6) is 0.0600. The van der Waals surface area contributed by atoms with Crippen molar-refractivity contribution in [3.05, 3.63) is 24.0 Å². The van der Waals surface area contributed by atoms with E-state index < -0.39 is 0 Å². The Morgan fingerprint density at radius 3 is 2.22 bits per heavy atom. The highest BCUT2D eigenvalue weighted by Gasteiger charge is 2.22. The highest BCUT2D eigenvalue weighted by Crippen LogP contribution is 2.15. The number of hydrogen-bond donors (Lipinski definition) is 0. The van der Waals surface area contributed by atoms with E-state index in [9.17, 15) is 4.79 Å². The number of amides is 1. The first kappa shape index (κ1) is 17.7. The molecule has 0 aromatic carbocycles. The van der Waals surface area contributed by atoms with Crippen molar-refractivity contribution in [3.63, 3.8) is 0 Å². The number of nitrogens with zero attached hydrogens (tertiary/aromatic N) is 4. The van der Waals surface area contributed by atoms with Crippen LogP contribution in [0.15, 0.2) is 18.3 Å². The molecule has 1 aromatic heterocycles. The van der Waals surface area contributed by atoms with E-state index in [1.807, 2.05) is 23.2 Å². The number of hydrogen-bond acceptors (Lipinski definition) is 4. The number of rotatable bonds is 7. The molecule has 0 N–H and O–H groups in total. The zero-order chi connectivity index (χ0) is 16.7. The fraction of sp³-hybridized carbons (Fsp3) is 0.667. The van der Waals surface area contributed by atoms with Crippen molar-refractivity contribution in [1.82, 2.24) is 14.8 Å². The van der Waals surface area contributed by atoms with Crippen LogP contribution in [0.2, 0.25) is 0 Å². The molecule has 1 amide bonds. The summed E-state index contributed by atoms with van der Waals surface area (Å²) in [5.41, 5.74) is 1.67. The molecule has 0 bridgehead atoms. The van der Waals surface area contributed by atoms with Crippen molar-refractivity contribution >= 4 is 11.6 Å². The second kappa shape index (κ2) is 8.87. The Morgan fingerprint density at radius 2 is 1.74 bits per heavy atom. The summed E-state index contributed by atoms with van der Waals surface area (Å²) in [6.07, 6.45) is 4.08. The smallest absolute Gasteiger partial charge is 0.272 e. The minimum Gasteiger partial charge on any atom is -0.370 e. The highest BCUT2D eigenvalue weighted by atomic mass is 16.2. The van der Waals surface area contributed by atoms with Gasteiger partial charge in [-0.15, -0.1) is 0 Å². The lowest BCUT2D eigenvalue weighted by Crippen LogP contribution is -2.48. The number of pyridine rings is 1. The molecule has 0 aliphatic carbocycles. The number of piperazine rings is 1. The van der Waals surface area contributed by atoms with Crippen LogP contribution < -0.4 is 4.90 Å². The quantitative estimate of drug-likeness (QED) is 0.774. The lowest BCUT2D eigenvalue weighted by molar-refractivity contribution is 0.0637. The molecule has 0 saturated carbocycles. The summed E-state index contributed by atoms with van der Waals surface area (Å²) in [6.45, 7) is 13.2. The van der Waals surface area contributed by atoms with Gasteiger partial charge in [-0.05, 0) is 31.5 Å². The van der Waals surface area contributed by atoms with Crippen LogP contribution in [0.5, 0.6) is 0 Å². The molecular weight excluding hydrogens is 288 g/mol. The predicted octanol–water partition coefficient (Wildman–Crippen LogP) is 2.49. The van der Waals surface area contributed by atoms with Gasteiger partial charge in [0, 0.05) is 39.3 Å². The summed E-state index contributed by atoms with van der Waals surface area (Å²) in [7, 11) is 0. The average Bonchev–Trinajstić information content (AvgIpc) is 2.61. The fourth-order valence-electron chi connectivity index (χ4n) is 3.04. The zero-order valence-corrected chi connectivity index (χ0v) is 14.8. The van der Waals surface area contributed by atoms with Crippen LogP contribution in [-0.4, -0.2) is 66.5 Å². The summed E-state index contributed by atoms with van der Waals surface area (Å²) in [4.78, 5) is 23.6. The largest absolute Gasteiger partial charge is 0.370 e. The van der Waals surface area contributed by atoms with Crippen molar-refractivity contribution in [3.8, 4) is 0 Å². The molecule has 23 heavy (non-hydrogen) atoms. The number of aromatic nitrogens is 1. The molecule has 0 radical (unpaired) electrons. The minimum atomic E-state index is 0.0600. The van der Waals surface area contributed by atoms with Crippen molar-refractivity contribution in [2.45, 2.75) is 33.6 Å². The second-order valence-electron chi connectivity index (χ2n) is 6.12. The molecule has 2 heterocycles. The van der Waals surface area contributed by atoms with Crippen LogP contribution >= 0.6 is 0 Å². The third kappa shape index (κ3) is 4.67. The van der Waals surface area contributed by atoms with Gasteiger partial charge in [0.2, 0.25) is 0 Å². The Labute approximate surface area is 140 Å². The number of anilines is 1. The van der Waals surface area contributed by atoms with Crippen molar-refractivity contribution in [2.24, 2.45) is 0 Å². The Morgan fingerprint density at radius 1 is 1.09 bits per heavy atom. The van der Waals surface area contributed by atoms with Crippen LogP contribution in [0.4, 0.5) is 5.69 Å². The molecule has 1 aromatic rings. The van der Waals surface area contributed by atoms with Gasteiger partial charge in [0.25, 0.3) is 5.91 Å². The molecule has 5 heteroatoms. The van der Waals surface area contributed by atoms with Gasteiger partial charge in [0.1, 0.15) is 5.69 Å². The van der Waals surface area contributed by atoms with E-state index >= 15 is 0 Å². The van der Waals surface area contributed by atoms with E-state index in [-0.39, 0.29) is 5.91 Å². The van der Waals surface area contributed by atoms with Crippen LogP contribution in [0, 0.1) is 0 Å². The molecule has 0 atom stereocenters. The highest BCUT2D eigenvalue weighted by molar-refractivity contribution is 5.92. The van der Waals surface area contributed by atoms with Crippen LogP contribution in [0.1, 0.15) is 44.1 Å². The number of carbonyl (C=O) groups excluding carboxylic acids is 1. The number of likely N-dealkylation sites (N-methyl/N-ethyl adjacent to an activating group) is 1. The maximum Gasteiger partial charge on any atom is 0.272 e. The molecule has 128 valence electrons. The molecule has 5 nitrogen and oxygen atoms in total. The van der Waals surface area contributed by atoms with Crippen molar-refractivity contribution in [1.29, 1.82) is 0 Å². The molecule has 2 rings (SSSR count). The molecule has 1 aliphatic rings. The van der Waals surface area contributed by atoms with Crippen molar-refractivity contribution in [2.75, 3.05) is 50.7 Å². The topological polar surface area (TPSA) is 39.7 Å². The van der Waals surface area contributed by atoms with Gasteiger partial charge in [-0.1, -0.05) is 20.8 Å². The molecule has 0 spiro atoms. The van der Waals surface area contributed by atoms with E-state index in [1.54, 1.807) is 0 Å². The lowest BCUT2D eigenvalue weighted by atomic mass is 10.2. The van der Waals surface area contributed by atoms with Crippen molar-refractivity contribution < 1.29 is 4.79 Å². The summed E-state index contributed by atoms with van der Waals surface area (Å²) >= 11 is 0. The molecule has 1 aliphatic heterocycles. The van der Waals surface area contributed by atoms with E-state index in [0.717, 1.165) is 64.3 Å². The van der Waals surface area contributed by atoms with Crippen LogP contribution in [0.3, 0.4) is 0 Å². The van der Waals surface area contributed by atoms with Gasteiger partial charge in [-0.2, -0.15) is 0 Å².